The number of amides is 1. The Bertz CT molecular complexity index is 1010. The monoisotopic (exact) mass is 441 g/mol. The molecule has 31 heavy (non-hydrogen) atoms. The number of ether oxygens (including phenoxy) is 1. The summed E-state index contributed by atoms with van der Waals surface area (Å²) in [5.74, 6) is 1.21. The molecule has 0 unspecified atom stereocenters. The van der Waals surface area contributed by atoms with E-state index in [2.05, 4.69) is 31.0 Å². The second-order valence-electron chi connectivity index (χ2n) is 8.36. The molecule has 0 aliphatic carbocycles. The van der Waals surface area contributed by atoms with E-state index in [1.165, 1.54) is 5.56 Å². The second kappa shape index (κ2) is 9.96. The number of rotatable bonds is 8. The van der Waals surface area contributed by atoms with Crippen LogP contribution in [0, 0.1) is 0 Å². The van der Waals surface area contributed by atoms with E-state index in [9.17, 15) is 4.79 Å². The summed E-state index contributed by atoms with van der Waals surface area (Å²) in [4.78, 5) is 14.4. The lowest BCUT2D eigenvalue weighted by Crippen LogP contribution is -2.35. The van der Waals surface area contributed by atoms with Crippen LogP contribution in [-0.2, 0) is 16.8 Å². The highest BCUT2D eigenvalue weighted by molar-refractivity contribution is 6.33. The number of aromatic nitrogens is 2. The van der Waals surface area contributed by atoms with Crippen LogP contribution >= 0.6 is 11.6 Å². The summed E-state index contributed by atoms with van der Waals surface area (Å²) < 4.78 is 11.5. The van der Waals surface area contributed by atoms with Gasteiger partial charge in [0.25, 0.3) is 5.91 Å². The molecule has 0 bridgehead atoms. The van der Waals surface area contributed by atoms with Crippen molar-refractivity contribution < 1.29 is 13.9 Å². The van der Waals surface area contributed by atoms with Gasteiger partial charge in [0.2, 0.25) is 11.8 Å². The van der Waals surface area contributed by atoms with Crippen LogP contribution in [0.1, 0.15) is 45.6 Å². The minimum atomic E-state index is -0.140. The van der Waals surface area contributed by atoms with Gasteiger partial charge in [0.05, 0.1) is 17.1 Å². The maximum atomic E-state index is 12.8. The average Bonchev–Trinajstić information content (AvgIpc) is 3.20. The van der Waals surface area contributed by atoms with Crippen LogP contribution in [0.3, 0.4) is 0 Å². The predicted molar refractivity (Wildman–Crippen MR) is 121 cm³/mol. The van der Waals surface area contributed by atoms with Gasteiger partial charge < -0.3 is 14.1 Å². The fourth-order valence-electron chi connectivity index (χ4n) is 3.07. The SMILES string of the molecule is CCCN(Cc1nnc(-c2ccccc2Cl)o1)C(=O)COc1ccc(C(C)(C)C)cc1. The molecule has 1 aromatic heterocycles. The van der Waals surface area contributed by atoms with Crippen LogP contribution < -0.4 is 4.74 Å². The minimum absolute atomic E-state index is 0.0552. The number of halogens is 1. The van der Waals surface area contributed by atoms with Crippen LogP contribution in [-0.4, -0.2) is 34.2 Å². The zero-order chi connectivity index (χ0) is 22.4. The van der Waals surface area contributed by atoms with Crippen molar-refractivity contribution in [2.24, 2.45) is 0 Å². The molecular weight excluding hydrogens is 414 g/mol. The van der Waals surface area contributed by atoms with Gasteiger partial charge in [-0.1, -0.05) is 63.6 Å². The standard InChI is InChI=1S/C24H28ClN3O3/c1-5-14-28(15-21-26-27-23(31-21)19-8-6-7-9-20(19)25)22(29)16-30-18-12-10-17(11-13-18)24(2,3)4/h6-13H,5,14-16H2,1-4H3. The van der Waals surface area contributed by atoms with Crippen LogP contribution in [0.25, 0.3) is 11.5 Å². The van der Waals surface area contributed by atoms with Crippen molar-refractivity contribution in [3.63, 3.8) is 0 Å². The molecule has 6 nitrogen and oxygen atoms in total. The van der Waals surface area contributed by atoms with Gasteiger partial charge in [0.15, 0.2) is 6.61 Å². The Morgan fingerprint density at radius 2 is 1.81 bits per heavy atom. The van der Waals surface area contributed by atoms with E-state index < -0.39 is 0 Å². The third kappa shape index (κ3) is 6.07. The molecule has 0 aliphatic heterocycles. The van der Waals surface area contributed by atoms with Crippen molar-refractivity contribution >= 4 is 17.5 Å². The van der Waals surface area contributed by atoms with Crippen molar-refractivity contribution in [1.82, 2.24) is 15.1 Å². The van der Waals surface area contributed by atoms with Gasteiger partial charge in [-0.15, -0.1) is 10.2 Å². The molecule has 1 heterocycles. The third-order valence-electron chi connectivity index (χ3n) is 4.83. The molecule has 3 rings (SSSR count). The van der Waals surface area contributed by atoms with Crippen molar-refractivity contribution in [3.05, 3.63) is 65.0 Å². The maximum Gasteiger partial charge on any atom is 0.260 e. The summed E-state index contributed by atoms with van der Waals surface area (Å²) in [5.41, 5.74) is 1.95. The Labute approximate surface area is 188 Å². The molecule has 0 aliphatic rings. The molecule has 2 aromatic carbocycles. The normalized spacial score (nSPS) is 11.4. The van der Waals surface area contributed by atoms with Crippen LogP contribution in [0.15, 0.2) is 52.9 Å². The Morgan fingerprint density at radius 1 is 1.10 bits per heavy atom. The van der Waals surface area contributed by atoms with E-state index in [0.29, 0.717) is 34.7 Å². The molecule has 0 radical (unpaired) electrons. The average molecular weight is 442 g/mol. The van der Waals surface area contributed by atoms with Gasteiger partial charge in [-0.3, -0.25) is 4.79 Å². The largest absolute Gasteiger partial charge is 0.484 e. The summed E-state index contributed by atoms with van der Waals surface area (Å²) >= 11 is 6.20. The van der Waals surface area contributed by atoms with Crippen molar-refractivity contribution in [2.75, 3.05) is 13.2 Å². The summed E-state index contributed by atoms with van der Waals surface area (Å²) in [6, 6.07) is 15.1. The number of hydrogen-bond donors (Lipinski definition) is 0. The van der Waals surface area contributed by atoms with Crippen molar-refractivity contribution in [1.29, 1.82) is 0 Å². The Hall–Kier alpha value is -2.86. The Morgan fingerprint density at radius 3 is 2.45 bits per heavy atom. The highest BCUT2D eigenvalue weighted by atomic mass is 35.5. The number of carbonyl (C=O) groups excluding carboxylic acids is 1. The molecular formula is C24H28ClN3O3. The predicted octanol–water partition coefficient (Wildman–Crippen LogP) is 5.51. The first-order chi connectivity index (χ1) is 14.8. The van der Waals surface area contributed by atoms with E-state index in [-0.39, 0.29) is 24.5 Å². The summed E-state index contributed by atoms with van der Waals surface area (Å²) in [6.45, 7) is 9.21. The van der Waals surface area contributed by atoms with Crippen LogP contribution in [0.5, 0.6) is 5.75 Å². The van der Waals surface area contributed by atoms with E-state index in [4.69, 9.17) is 20.8 Å². The van der Waals surface area contributed by atoms with Gasteiger partial charge in [0, 0.05) is 6.54 Å². The summed E-state index contributed by atoms with van der Waals surface area (Å²) in [7, 11) is 0. The molecule has 3 aromatic rings. The highest BCUT2D eigenvalue weighted by Crippen LogP contribution is 2.27. The molecule has 0 saturated heterocycles. The lowest BCUT2D eigenvalue weighted by Gasteiger charge is -2.21. The molecule has 0 fully saturated rings. The molecule has 1 amide bonds. The lowest BCUT2D eigenvalue weighted by atomic mass is 9.87. The van der Waals surface area contributed by atoms with Gasteiger partial charge in [-0.25, -0.2) is 0 Å². The topological polar surface area (TPSA) is 68.5 Å². The minimum Gasteiger partial charge on any atom is -0.484 e. The zero-order valence-corrected chi connectivity index (χ0v) is 19.1. The number of nitrogens with zero attached hydrogens (tertiary/aromatic N) is 3. The number of carbonyl (C=O) groups is 1. The lowest BCUT2D eigenvalue weighted by molar-refractivity contribution is -0.134. The van der Waals surface area contributed by atoms with Crippen molar-refractivity contribution in [3.8, 4) is 17.2 Å². The van der Waals surface area contributed by atoms with E-state index >= 15 is 0 Å². The van der Waals surface area contributed by atoms with E-state index in [1.807, 2.05) is 49.4 Å². The first-order valence-electron chi connectivity index (χ1n) is 10.4. The quantitative estimate of drug-likeness (QED) is 0.461. The van der Waals surface area contributed by atoms with Crippen LogP contribution in [0.4, 0.5) is 0 Å². The van der Waals surface area contributed by atoms with Gasteiger partial charge in [-0.05, 0) is 41.7 Å². The maximum absolute atomic E-state index is 12.8. The fraction of sp³-hybridized carbons (Fsp3) is 0.375. The van der Waals surface area contributed by atoms with Gasteiger partial charge >= 0.3 is 0 Å². The number of benzene rings is 2. The third-order valence-corrected chi connectivity index (χ3v) is 5.16. The van der Waals surface area contributed by atoms with Crippen LogP contribution in [0.2, 0.25) is 5.02 Å². The molecule has 0 spiro atoms. The van der Waals surface area contributed by atoms with E-state index in [1.54, 1.807) is 11.0 Å². The molecule has 164 valence electrons. The molecule has 7 heteroatoms. The highest BCUT2D eigenvalue weighted by Gasteiger charge is 2.19. The van der Waals surface area contributed by atoms with Crippen molar-refractivity contribution in [2.45, 2.75) is 46.1 Å². The van der Waals surface area contributed by atoms with Gasteiger partial charge in [0.1, 0.15) is 5.75 Å². The van der Waals surface area contributed by atoms with Gasteiger partial charge in [-0.2, -0.15) is 0 Å². The number of hydrogen-bond acceptors (Lipinski definition) is 5. The fourth-order valence-corrected chi connectivity index (χ4v) is 3.29. The summed E-state index contributed by atoms with van der Waals surface area (Å²) in [5, 5.41) is 8.68. The Kier molecular flexibility index (Phi) is 7.33. The first-order valence-corrected chi connectivity index (χ1v) is 10.7. The Balaban J connectivity index is 1.63. The summed E-state index contributed by atoms with van der Waals surface area (Å²) in [6.07, 6.45) is 0.803. The van der Waals surface area contributed by atoms with E-state index in [0.717, 1.165) is 6.42 Å². The molecule has 0 atom stereocenters. The molecule has 0 N–H and O–H groups in total. The zero-order valence-electron chi connectivity index (χ0n) is 18.4. The second-order valence-corrected chi connectivity index (χ2v) is 8.77. The smallest absolute Gasteiger partial charge is 0.260 e. The molecule has 0 saturated carbocycles. The first kappa shape index (κ1) is 22.8.